The van der Waals surface area contributed by atoms with Crippen LogP contribution in [0.15, 0.2) is 0 Å². The molecule has 0 rings (SSSR count). The lowest BCUT2D eigenvalue weighted by atomic mass is 10.4. The monoisotopic (exact) mass is 133 g/mol. The zero-order valence-corrected chi connectivity index (χ0v) is 6.94. The van der Waals surface area contributed by atoms with Crippen LogP contribution in [0.3, 0.4) is 0 Å². The largest absolute Gasteiger partial charge is 0.392 e. The lowest BCUT2D eigenvalue weighted by Crippen LogP contribution is -2.23. The molecule has 0 heterocycles. The fraction of sp³-hybridized carbons (Fsp3) is 1.00. The van der Waals surface area contributed by atoms with Gasteiger partial charge in [-0.25, -0.2) is 0 Å². The average molecular weight is 133 g/mol. The van der Waals surface area contributed by atoms with Gasteiger partial charge in [0.2, 0.25) is 0 Å². The molecule has 0 aromatic rings. The minimum absolute atomic E-state index is 0.208. The molecule has 58 valence electrons. The summed E-state index contributed by atoms with van der Waals surface area (Å²) in [5.41, 5.74) is 0. The van der Waals surface area contributed by atoms with E-state index in [2.05, 4.69) is 5.32 Å². The van der Waals surface area contributed by atoms with E-state index in [0.29, 0.717) is 6.54 Å². The van der Waals surface area contributed by atoms with Gasteiger partial charge in [0.05, 0.1) is 6.10 Å². The summed E-state index contributed by atoms with van der Waals surface area (Å²) in [5, 5.41) is 11.6. The molecule has 0 saturated carbocycles. The van der Waals surface area contributed by atoms with Crippen molar-refractivity contribution >= 4 is 0 Å². The van der Waals surface area contributed by atoms with Crippen molar-refractivity contribution < 1.29 is 5.11 Å². The van der Waals surface area contributed by atoms with Crippen LogP contribution in [-0.4, -0.2) is 24.3 Å². The van der Waals surface area contributed by atoms with Crippen LogP contribution in [-0.2, 0) is 0 Å². The first kappa shape index (κ1) is 11.7. The number of aliphatic hydroxyl groups excluding tert-OH is 1. The normalized spacial score (nSPS) is 11.7. The Bertz CT molecular complexity index is 37.9. The van der Waals surface area contributed by atoms with E-state index in [1.54, 1.807) is 6.92 Å². The molecule has 0 aliphatic carbocycles. The Hall–Kier alpha value is -0.0800. The lowest BCUT2D eigenvalue weighted by Gasteiger charge is -2.01. The van der Waals surface area contributed by atoms with Crippen LogP contribution in [0.25, 0.3) is 0 Å². The number of nitrogens with one attached hydrogen (secondary N) is 1. The summed E-state index contributed by atoms with van der Waals surface area (Å²) >= 11 is 0. The second kappa shape index (κ2) is 10.8. The lowest BCUT2D eigenvalue weighted by molar-refractivity contribution is 0.192. The van der Waals surface area contributed by atoms with Crippen molar-refractivity contribution in [2.24, 2.45) is 0 Å². The van der Waals surface area contributed by atoms with Gasteiger partial charge < -0.3 is 10.4 Å². The van der Waals surface area contributed by atoms with Gasteiger partial charge in [-0.2, -0.15) is 0 Å². The van der Waals surface area contributed by atoms with E-state index in [4.69, 9.17) is 5.11 Å². The van der Waals surface area contributed by atoms with E-state index in [-0.39, 0.29) is 6.10 Å². The highest BCUT2D eigenvalue weighted by atomic mass is 16.3. The average Bonchev–Trinajstić information content (AvgIpc) is 1.88. The highest BCUT2D eigenvalue weighted by Gasteiger charge is 1.88. The van der Waals surface area contributed by atoms with Crippen LogP contribution in [0, 0.1) is 0 Å². The summed E-state index contributed by atoms with van der Waals surface area (Å²) in [6.45, 7) is 9.42. The summed E-state index contributed by atoms with van der Waals surface area (Å²) in [7, 11) is 0. The summed E-state index contributed by atoms with van der Waals surface area (Å²) in [6, 6.07) is 0. The quantitative estimate of drug-likeness (QED) is 0.602. The first-order chi connectivity index (χ1) is 4.27. The van der Waals surface area contributed by atoms with Crippen LogP contribution >= 0.6 is 0 Å². The Morgan fingerprint density at radius 3 is 2.00 bits per heavy atom. The topological polar surface area (TPSA) is 32.3 Å². The highest BCUT2D eigenvalue weighted by molar-refractivity contribution is 4.48. The molecule has 0 aliphatic rings. The van der Waals surface area contributed by atoms with E-state index in [1.165, 1.54) is 0 Å². The van der Waals surface area contributed by atoms with Crippen molar-refractivity contribution in [3.8, 4) is 0 Å². The SMILES string of the molecule is CC.CCNCC(C)O. The van der Waals surface area contributed by atoms with Crippen LogP contribution in [0.4, 0.5) is 0 Å². The van der Waals surface area contributed by atoms with Crippen LogP contribution in [0.1, 0.15) is 27.7 Å². The Labute approximate surface area is 58.3 Å². The predicted molar refractivity (Wildman–Crippen MR) is 41.6 cm³/mol. The Morgan fingerprint density at radius 1 is 1.44 bits per heavy atom. The summed E-state index contributed by atoms with van der Waals surface area (Å²) in [6.07, 6.45) is -0.208. The third-order valence-electron chi connectivity index (χ3n) is 0.690. The van der Waals surface area contributed by atoms with Crippen molar-refractivity contribution in [1.82, 2.24) is 5.32 Å². The van der Waals surface area contributed by atoms with E-state index in [1.807, 2.05) is 20.8 Å². The molecule has 0 fully saturated rings. The third-order valence-corrected chi connectivity index (χ3v) is 0.690. The first-order valence-electron chi connectivity index (χ1n) is 3.66. The molecule has 0 aromatic carbocycles. The fourth-order valence-electron chi connectivity index (χ4n) is 0.353. The highest BCUT2D eigenvalue weighted by Crippen LogP contribution is 1.71. The van der Waals surface area contributed by atoms with Gasteiger partial charge >= 0.3 is 0 Å². The number of likely N-dealkylation sites (N-methyl/N-ethyl adjacent to an activating group) is 1. The molecule has 0 saturated heterocycles. The summed E-state index contributed by atoms with van der Waals surface area (Å²) in [4.78, 5) is 0. The van der Waals surface area contributed by atoms with Gasteiger partial charge in [-0.05, 0) is 13.5 Å². The van der Waals surface area contributed by atoms with Gasteiger partial charge in [-0.1, -0.05) is 20.8 Å². The molecule has 0 spiro atoms. The first-order valence-corrected chi connectivity index (χ1v) is 3.66. The second-order valence-corrected chi connectivity index (χ2v) is 1.66. The van der Waals surface area contributed by atoms with Gasteiger partial charge in [0.25, 0.3) is 0 Å². The van der Waals surface area contributed by atoms with Gasteiger partial charge in [-0.15, -0.1) is 0 Å². The Morgan fingerprint density at radius 2 is 1.89 bits per heavy atom. The van der Waals surface area contributed by atoms with Gasteiger partial charge in [0, 0.05) is 6.54 Å². The maximum absolute atomic E-state index is 8.62. The minimum Gasteiger partial charge on any atom is -0.392 e. The molecule has 2 heteroatoms. The van der Waals surface area contributed by atoms with Crippen molar-refractivity contribution in [1.29, 1.82) is 0 Å². The molecule has 0 bridgehead atoms. The molecule has 0 amide bonds. The zero-order valence-electron chi connectivity index (χ0n) is 6.94. The molecule has 1 atom stereocenters. The Balaban J connectivity index is 0. The standard InChI is InChI=1S/C5H13NO.C2H6/c1-3-6-4-5(2)7;1-2/h5-7H,3-4H2,1-2H3;1-2H3. The minimum atomic E-state index is -0.208. The predicted octanol–water partition coefficient (Wildman–Crippen LogP) is 1.00. The van der Waals surface area contributed by atoms with Crippen molar-refractivity contribution in [2.75, 3.05) is 13.1 Å². The number of hydrogen-bond donors (Lipinski definition) is 2. The molecule has 2 N–H and O–H groups in total. The van der Waals surface area contributed by atoms with E-state index < -0.39 is 0 Å². The molecule has 9 heavy (non-hydrogen) atoms. The maximum Gasteiger partial charge on any atom is 0.0636 e. The Kier molecular flexibility index (Phi) is 14.0. The van der Waals surface area contributed by atoms with E-state index >= 15 is 0 Å². The van der Waals surface area contributed by atoms with Crippen molar-refractivity contribution in [3.05, 3.63) is 0 Å². The van der Waals surface area contributed by atoms with Crippen LogP contribution in [0.5, 0.6) is 0 Å². The van der Waals surface area contributed by atoms with Gasteiger partial charge in [-0.3, -0.25) is 0 Å². The van der Waals surface area contributed by atoms with Crippen LogP contribution < -0.4 is 5.32 Å². The molecule has 0 aliphatic heterocycles. The molecule has 0 radical (unpaired) electrons. The van der Waals surface area contributed by atoms with Crippen molar-refractivity contribution in [3.63, 3.8) is 0 Å². The number of aliphatic hydroxyl groups is 1. The third kappa shape index (κ3) is 18.1. The van der Waals surface area contributed by atoms with E-state index in [0.717, 1.165) is 6.54 Å². The number of hydrogen-bond acceptors (Lipinski definition) is 2. The van der Waals surface area contributed by atoms with Crippen LogP contribution in [0.2, 0.25) is 0 Å². The zero-order chi connectivity index (χ0) is 7.70. The molecule has 1 unspecified atom stereocenters. The fourth-order valence-corrected chi connectivity index (χ4v) is 0.353. The van der Waals surface area contributed by atoms with Gasteiger partial charge in [0.15, 0.2) is 0 Å². The molecular formula is C7H19NO. The number of rotatable bonds is 3. The molecular weight excluding hydrogens is 114 g/mol. The van der Waals surface area contributed by atoms with Gasteiger partial charge in [0.1, 0.15) is 0 Å². The molecule has 0 aromatic heterocycles. The summed E-state index contributed by atoms with van der Waals surface area (Å²) < 4.78 is 0. The smallest absolute Gasteiger partial charge is 0.0636 e. The summed E-state index contributed by atoms with van der Waals surface area (Å²) in [5.74, 6) is 0. The molecule has 2 nitrogen and oxygen atoms in total. The van der Waals surface area contributed by atoms with E-state index in [9.17, 15) is 0 Å². The van der Waals surface area contributed by atoms with Crippen molar-refractivity contribution in [2.45, 2.75) is 33.8 Å². The maximum atomic E-state index is 8.62. The second-order valence-electron chi connectivity index (χ2n) is 1.66.